The van der Waals surface area contributed by atoms with Crippen molar-refractivity contribution in [3.05, 3.63) is 33.8 Å². The molecule has 2 fully saturated rings. The van der Waals surface area contributed by atoms with E-state index < -0.39 is 0 Å². The topological polar surface area (TPSA) is 49.4 Å². The third-order valence-electron chi connectivity index (χ3n) is 3.68. The second-order valence-electron chi connectivity index (χ2n) is 5.33. The number of nitrogens with one attached hydrogen (secondary N) is 1. The van der Waals surface area contributed by atoms with Crippen LogP contribution in [0.5, 0.6) is 0 Å². The number of nitrogens with zero attached hydrogens (tertiary/aromatic N) is 1. The summed E-state index contributed by atoms with van der Waals surface area (Å²) in [5.41, 5.74) is 0.872. The van der Waals surface area contributed by atoms with Crippen LogP contribution in [0.4, 0.5) is 0 Å². The van der Waals surface area contributed by atoms with Crippen molar-refractivity contribution < 1.29 is 9.59 Å². The molecule has 2 amide bonds. The van der Waals surface area contributed by atoms with Crippen molar-refractivity contribution in [1.82, 2.24) is 10.2 Å². The predicted octanol–water partition coefficient (Wildman–Crippen LogP) is 2.23. The number of halogens is 2. The average Bonchev–Trinajstić information content (AvgIpc) is 3.22. The number of rotatable bonds is 3. The van der Waals surface area contributed by atoms with Gasteiger partial charge in [-0.3, -0.25) is 9.59 Å². The number of carbonyl (C=O) groups is 2. The van der Waals surface area contributed by atoms with Gasteiger partial charge in [-0.1, -0.05) is 29.3 Å². The highest BCUT2D eigenvalue weighted by Gasteiger charge is 2.42. The molecule has 0 aromatic heterocycles. The molecule has 1 saturated carbocycles. The normalized spacial score (nSPS) is 22.9. The second kappa shape index (κ2) is 5.26. The molecule has 1 heterocycles. The minimum Gasteiger partial charge on any atom is -0.342 e. The first kappa shape index (κ1) is 13.7. The Balaban J connectivity index is 1.76. The van der Waals surface area contributed by atoms with Gasteiger partial charge in [0.2, 0.25) is 11.8 Å². The molecule has 20 heavy (non-hydrogen) atoms. The van der Waals surface area contributed by atoms with Gasteiger partial charge in [0, 0.05) is 6.54 Å². The molecule has 0 radical (unpaired) electrons. The summed E-state index contributed by atoms with van der Waals surface area (Å²) in [5, 5.41) is 3.72. The summed E-state index contributed by atoms with van der Waals surface area (Å²) in [5.74, 6) is 0.211. The van der Waals surface area contributed by atoms with Crippen molar-refractivity contribution in [3.8, 4) is 0 Å². The fourth-order valence-corrected chi connectivity index (χ4v) is 2.79. The quantitative estimate of drug-likeness (QED) is 0.930. The van der Waals surface area contributed by atoms with Crippen LogP contribution in [-0.4, -0.2) is 29.3 Å². The third-order valence-corrected chi connectivity index (χ3v) is 4.42. The lowest BCUT2D eigenvalue weighted by Gasteiger charge is -2.32. The van der Waals surface area contributed by atoms with Crippen molar-refractivity contribution in [1.29, 1.82) is 0 Å². The van der Waals surface area contributed by atoms with E-state index in [1.165, 1.54) is 0 Å². The second-order valence-corrected chi connectivity index (χ2v) is 6.14. The molecule has 6 heteroatoms. The molecule has 0 spiro atoms. The van der Waals surface area contributed by atoms with E-state index in [-0.39, 0.29) is 24.4 Å². The lowest BCUT2D eigenvalue weighted by atomic mass is 10.1. The van der Waals surface area contributed by atoms with Gasteiger partial charge in [-0.25, -0.2) is 0 Å². The molecule has 1 aromatic carbocycles. The SMILES string of the molecule is O=C1CN(Cc2ccc(Cl)c(Cl)c2)C(=O)C(C2CC2)N1. The van der Waals surface area contributed by atoms with Gasteiger partial charge in [-0.15, -0.1) is 0 Å². The van der Waals surface area contributed by atoms with E-state index in [1.807, 2.05) is 6.07 Å². The first-order valence-corrected chi connectivity index (χ1v) is 7.32. The van der Waals surface area contributed by atoms with Gasteiger partial charge in [0.15, 0.2) is 0 Å². The monoisotopic (exact) mass is 312 g/mol. The molecule has 2 aliphatic rings. The molecule has 3 rings (SSSR count). The Morgan fingerprint density at radius 1 is 1.20 bits per heavy atom. The average molecular weight is 313 g/mol. The molecule has 1 N–H and O–H groups in total. The lowest BCUT2D eigenvalue weighted by Crippen LogP contribution is -2.58. The molecule has 1 atom stereocenters. The van der Waals surface area contributed by atoms with Crippen LogP contribution >= 0.6 is 23.2 Å². The van der Waals surface area contributed by atoms with E-state index in [0.717, 1.165) is 18.4 Å². The molecular weight excluding hydrogens is 299 g/mol. The number of carbonyl (C=O) groups excluding carboxylic acids is 2. The Labute approximate surface area is 127 Å². The highest BCUT2D eigenvalue weighted by atomic mass is 35.5. The molecule has 106 valence electrons. The Hall–Kier alpha value is -1.26. The van der Waals surface area contributed by atoms with Crippen LogP contribution in [0, 0.1) is 5.92 Å². The van der Waals surface area contributed by atoms with E-state index in [2.05, 4.69) is 5.32 Å². The van der Waals surface area contributed by atoms with E-state index in [1.54, 1.807) is 17.0 Å². The smallest absolute Gasteiger partial charge is 0.246 e. The van der Waals surface area contributed by atoms with Gasteiger partial charge >= 0.3 is 0 Å². The summed E-state index contributed by atoms with van der Waals surface area (Å²) in [7, 11) is 0. The molecule has 1 aliphatic carbocycles. The number of amides is 2. The van der Waals surface area contributed by atoms with Crippen molar-refractivity contribution in [3.63, 3.8) is 0 Å². The standard InChI is InChI=1S/C14H14Cl2N2O2/c15-10-4-1-8(5-11(10)16)6-18-7-12(19)17-13(14(18)20)9-2-3-9/h1,4-5,9,13H,2-3,6-7H2,(H,17,19). The third kappa shape index (κ3) is 2.76. The van der Waals surface area contributed by atoms with Crippen molar-refractivity contribution in [2.45, 2.75) is 25.4 Å². The van der Waals surface area contributed by atoms with Gasteiger partial charge in [-0.2, -0.15) is 0 Å². The summed E-state index contributed by atoms with van der Waals surface area (Å²) in [6, 6.07) is 4.90. The largest absolute Gasteiger partial charge is 0.342 e. The number of hydrogen-bond donors (Lipinski definition) is 1. The van der Waals surface area contributed by atoms with Crippen molar-refractivity contribution >= 4 is 35.0 Å². The zero-order valence-corrected chi connectivity index (χ0v) is 12.2. The maximum absolute atomic E-state index is 12.4. The summed E-state index contributed by atoms with van der Waals surface area (Å²) in [4.78, 5) is 25.7. The van der Waals surface area contributed by atoms with E-state index >= 15 is 0 Å². The van der Waals surface area contributed by atoms with Crippen LogP contribution in [-0.2, 0) is 16.1 Å². The molecule has 1 unspecified atom stereocenters. The first-order chi connectivity index (χ1) is 9.54. The molecule has 1 aliphatic heterocycles. The highest BCUT2D eigenvalue weighted by Crippen LogP contribution is 2.34. The molecule has 1 aromatic rings. The van der Waals surface area contributed by atoms with Crippen LogP contribution in [0.2, 0.25) is 10.0 Å². The Bertz CT molecular complexity index is 572. The Morgan fingerprint density at radius 3 is 2.60 bits per heavy atom. The number of benzene rings is 1. The van der Waals surface area contributed by atoms with Crippen LogP contribution < -0.4 is 5.32 Å². The van der Waals surface area contributed by atoms with Crippen LogP contribution in [0.1, 0.15) is 18.4 Å². The molecule has 0 bridgehead atoms. The Morgan fingerprint density at radius 2 is 1.95 bits per heavy atom. The Kier molecular flexibility index (Phi) is 3.61. The fourth-order valence-electron chi connectivity index (χ4n) is 2.47. The van der Waals surface area contributed by atoms with Gasteiger partial charge in [-0.05, 0) is 36.5 Å². The highest BCUT2D eigenvalue weighted by molar-refractivity contribution is 6.42. The van der Waals surface area contributed by atoms with Gasteiger partial charge in [0.1, 0.15) is 6.04 Å². The minimum absolute atomic E-state index is 0.00169. The predicted molar refractivity (Wildman–Crippen MR) is 76.5 cm³/mol. The van der Waals surface area contributed by atoms with Gasteiger partial charge < -0.3 is 10.2 Å². The number of hydrogen-bond acceptors (Lipinski definition) is 2. The van der Waals surface area contributed by atoms with Gasteiger partial charge in [0.05, 0.1) is 16.6 Å². The summed E-state index contributed by atoms with van der Waals surface area (Å²) < 4.78 is 0. The molecule has 4 nitrogen and oxygen atoms in total. The van der Waals surface area contributed by atoms with Crippen molar-refractivity contribution in [2.75, 3.05) is 6.54 Å². The van der Waals surface area contributed by atoms with E-state index in [4.69, 9.17) is 23.2 Å². The minimum atomic E-state index is -0.348. The zero-order chi connectivity index (χ0) is 14.3. The van der Waals surface area contributed by atoms with E-state index in [0.29, 0.717) is 22.5 Å². The fraction of sp³-hybridized carbons (Fsp3) is 0.429. The summed E-state index contributed by atoms with van der Waals surface area (Å²) in [6.45, 7) is 0.481. The molecular formula is C14H14Cl2N2O2. The van der Waals surface area contributed by atoms with Crippen LogP contribution in [0.3, 0.4) is 0 Å². The van der Waals surface area contributed by atoms with Gasteiger partial charge in [0.25, 0.3) is 0 Å². The number of piperazine rings is 1. The van der Waals surface area contributed by atoms with E-state index in [9.17, 15) is 9.59 Å². The zero-order valence-electron chi connectivity index (χ0n) is 10.7. The maximum Gasteiger partial charge on any atom is 0.246 e. The summed E-state index contributed by atoms with van der Waals surface area (Å²) >= 11 is 11.8. The summed E-state index contributed by atoms with van der Waals surface area (Å²) in [6.07, 6.45) is 2.02. The molecule has 1 saturated heterocycles. The van der Waals surface area contributed by atoms with Crippen molar-refractivity contribution in [2.24, 2.45) is 5.92 Å². The van der Waals surface area contributed by atoms with Crippen LogP contribution in [0.25, 0.3) is 0 Å². The maximum atomic E-state index is 12.4. The first-order valence-electron chi connectivity index (χ1n) is 6.56. The van der Waals surface area contributed by atoms with Crippen LogP contribution in [0.15, 0.2) is 18.2 Å². The lowest BCUT2D eigenvalue weighted by molar-refractivity contribution is -0.145.